The van der Waals surface area contributed by atoms with Crippen LogP contribution in [0.5, 0.6) is 0 Å². The summed E-state index contributed by atoms with van der Waals surface area (Å²) >= 11 is 0. The van der Waals surface area contributed by atoms with Crippen LogP contribution in [0.1, 0.15) is 30.9 Å². The van der Waals surface area contributed by atoms with E-state index >= 15 is 0 Å². The average molecular weight is 345 g/mol. The number of amides is 2. The van der Waals surface area contributed by atoms with Gasteiger partial charge in [-0.15, -0.1) is 0 Å². The predicted octanol–water partition coefficient (Wildman–Crippen LogP) is 1.06. The standard InChI is InChI=1S/C19H27N3O3/c1-13-3-5-15(6-4-13)11-22(16-7-8-16)17(23)12-21-9-10-25-14(2)18(21)19(20)24/h3-6,14,16,18H,7-12H2,1-2H3,(H2,20,24)/t14-,18+/m1/s1. The zero-order chi connectivity index (χ0) is 18.0. The van der Waals surface area contributed by atoms with E-state index in [-0.39, 0.29) is 18.6 Å². The molecule has 1 aliphatic carbocycles. The minimum Gasteiger partial charge on any atom is -0.375 e. The molecule has 3 rings (SSSR count). The number of primary amides is 1. The summed E-state index contributed by atoms with van der Waals surface area (Å²) in [6, 6.07) is 8.05. The number of nitrogens with two attached hydrogens (primary N) is 1. The van der Waals surface area contributed by atoms with Crippen LogP contribution in [-0.4, -0.2) is 59.5 Å². The molecular formula is C19H27N3O3. The summed E-state index contributed by atoms with van der Waals surface area (Å²) in [7, 11) is 0. The van der Waals surface area contributed by atoms with Crippen LogP contribution in [-0.2, 0) is 20.9 Å². The molecule has 0 radical (unpaired) electrons. The van der Waals surface area contributed by atoms with Gasteiger partial charge < -0.3 is 15.4 Å². The molecule has 2 aliphatic rings. The Balaban J connectivity index is 1.68. The summed E-state index contributed by atoms with van der Waals surface area (Å²) in [5.41, 5.74) is 7.86. The molecule has 1 heterocycles. The fourth-order valence-corrected chi connectivity index (χ4v) is 3.43. The van der Waals surface area contributed by atoms with Gasteiger partial charge in [-0.2, -0.15) is 0 Å². The summed E-state index contributed by atoms with van der Waals surface area (Å²) in [4.78, 5) is 28.5. The molecule has 2 amide bonds. The van der Waals surface area contributed by atoms with E-state index in [1.54, 1.807) is 0 Å². The third kappa shape index (κ3) is 4.38. The average Bonchev–Trinajstić information content (AvgIpc) is 3.38. The van der Waals surface area contributed by atoms with E-state index < -0.39 is 11.9 Å². The number of benzene rings is 1. The maximum atomic E-state index is 12.9. The summed E-state index contributed by atoms with van der Waals surface area (Å²) in [6.07, 6.45) is 1.82. The quantitative estimate of drug-likeness (QED) is 0.836. The highest BCUT2D eigenvalue weighted by atomic mass is 16.5. The van der Waals surface area contributed by atoms with Crippen LogP contribution in [0.4, 0.5) is 0 Å². The molecule has 2 atom stereocenters. The van der Waals surface area contributed by atoms with E-state index in [0.717, 1.165) is 18.4 Å². The van der Waals surface area contributed by atoms with Gasteiger partial charge in [-0.3, -0.25) is 14.5 Å². The van der Waals surface area contributed by atoms with Crippen molar-refractivity contribution in [2.24, 2.45) is 5.73 Å². The van der Waals surface area contributed by atoms with Crippen molar-refractivity contribution >= 4 is 11.8 Å². The van der Waals surface area contributed by atoms with E-state index in [4.69, 9.17) is 10.5 Å². The van der Waals surface area contributed by atoms with Gasteiger partial charge in [-0.25, -0.2) is 0 Å². The van der Waals surface area contributed by atoms with Gasteiger partial charge in [0.1, 0.15) is 6.04 Å². The zero-order valence-corrected chi connectivity index (χ0v) is 15.0. The van der Waals surface area contributed by atoms with E-state index in [1.807, 2.05) is 16.7 Å². The molecule has 0 unspecified atom stereocenters. The van der Waals surface area contributed by atoms with Crippen LogP contribution < -0.4 is 5.73 Å². The van der Waals surface area contributed by atoms with Crippen LogP contribution in [0.15, 0.2) is 24.3 Å². The molecule has 1 aliphatic heterocycles. The molecular weight excluding hydrogens is 318 g/mol. The number of ether oxygens (including phenoxy) is 1. The molecule has 0 spiro atoms. The minimum atomic E-state index is -0.543. The Labute approximate surface area is 148 Å². The molecule has 6 heteroatoms. The SMILES string of the molecule is Cc1ccc(CN(C(=O)CN2CCO[C@H](C)[C@H]2C(N)=O)C2CC2)cc1. The van der Waals surface area contributed by atoms with Crippen LogP contribution in [0, 0.1) is 6.92 Å². The molecule has 1 aromatic carbocycles. The van der Waals surface area contributed by atoms with Crippen molar-refractivity contribution in [1.29, 1.82) is 0 Å². The first-order chi connectivity index (χ1) is 12.0. The van der Waals surface area contributed by atoms with Gasteiger partial charge in [-0.05, 0) is 32.3 Å². The Morgan fingerprint density at radius 3 is 2.56 bits per heavy atom. The number of hydrogen-bond acceptors (Lipinski definition) is 4. The second-order valence-corrected chi connectivity index (χ2v) is 7.13. The van der Waals surface area contributed by atoms with E-state index in [2.05, 4.69) is 31.2 Å². The second kappa shape index (κ2) is 7.54. The van der Waals surface area contributed by atoms with Crippen LogP contribution in [0.2, 0.25) is 0 Å². The lowest BCUT2D eigenvalue weighted by atomic mass is 10.1. The van der Waals surface area contributed by atoms with Crippen molar-refractivity contribution in [3.8, 4) is 0 Å². The third-order valence-electron chi connectivity index (χ3n) is 5.01. The molecule has 136 valence electrons. The number of hydrogen-bond donors (Lipinski definition) is 1. The van der Waals surface area contributed by atoms with Crippen molar-refractivity contribution in [2.75, 3.05) is 19.7 Å². The van der Waals surface area contributed by atoms with Gasteiger partial charge in [-0.1, -0.05) is 29.8 Å². The monoisotopic (exact) mass is 345 g/mol. The van der Waals surface area contributed by atoms with Gasteiger partial charge in [0.2, 0.25) is 11.8 Å². The van der Waals surface area contributed by atoms with Gasteiger partial charge >= 0.3 is 0 Å². The fraction of sp³-hybridized carbons (Fsp3) is 0.579. The largest absolute Gasteiger partial charge is 0.375 e. The molecule has 2 N–H and O–H groups in total. The molecule has 0 aromatic heterocycles. The lowest BCUT2D eigenvalue weighted by Gasteiger charge is -2.38. The number of carbonyl (C=O) groups is 2. The number of rotatable bonds is 6. The maximum Gasteiger partial charge on any atom is 0.237 e. The van der Waals surface area contributed by atoms with Crippen LogP contribution in [0.3, 0.4) is 0 Å². The van der Waals surface area contributed by atoms with E-state index in [9.17, 15) is 9.59 Å². The molecule has 6 nitrogen and oxygen atoms in total. The summed E-state index contributed by atoms with van der Waals surface area (Å²) in [6.45, 7) is 5.77. The van der Waals surface area contributed by atoms with E-state index in [0.29, 0.717) is 25.7 Å². The Morgan fingerprint density at radius 1 is 1.28 bits per heavy atom. The predicted molar refractivity (Wildman–Crippen MR) is 94.7 cm³/mol. The van der Waals surface area contributed by atoms with Gasteiger partial charge in [0.05, 0.1) is 19.3 Å². The van der Waals surface area contributed by atoms with Gasteiger partial charge in [0.25, 0.3) is 0 Å². The number of nitrogens with zero attached hydrogens (tertiary/aromatic N) is 2. The number of aryl methyl sites for hydroxylation is 1. The van der Waals surface area contributed by atoms with E-state index in [1.165, 1.54) is 5.56 Å². The van der Waals surface area contributed by atoms with Crippen molar-refractivity contribution in [2.45, 2.75) is 51.4 Å². The molecule has 1 saturated heterocycles. The van der Waals surface area contributed by atoms with Crippen molar-refractivity contribution in [3.63, 3.8) is 0 Å². The van der Waals surface area contributed by atoms with Gasteiger partial charge in [0, 0.05) is 19.1 Å². The normalized spacial score (nSPS) is 24.1. The number of carbonyl (C=O) groups excluding carboxylic acids is 2. The smallest absolute Gasteiger partial charge is 0.237 e. The highest BCUT2D eigenvalue weighted by molar-refractivity contribution is 5.83. The first-order valence-corrected chi connectivity index (χ1v) is 8.95. The lowest BCUT2D eigenvalue weighted by Crippen LogP contribution is -2.58. The lowest BCUT2D eigenvalue weighted by molar-refractivity contribution is -0.143. The first-order valence-electron chi connectivity index (χ1n) is 8.95. The van der Waals surface area contributed by atoms with Crippen molar-refractivity contribution < 1.29 is 14.3 Å². The summed E-state index contributed by atoms with van der Waals surface area (Å²) in [5.74, 6) is -0.375. The van der Waals surface area contributed by atoms with Crippen LogP contribution >= 0.6 is 0 Å². The van der Waals surface area contributed by atoms with Crippen LogP contribution in [0.25, 0.3) is 0 Å². The Kier molecular flexibility index (Phi) is 5.39. The molecule has 1 aromatic rings. The third-order valence-corrected chi connectivity index (χ3v) is 5.01. The Morgan fingerprint density at radius 2 is 1.96 bits per heavy atom. The summed E-state index contributed by atoms with van der Waals surface area (Å²) < 4.78 is 5.52. The zero-order valence-electron chi connectivity index (χ0n) is 15.0. The maximum absolute atomic E-state index is 12.9. The minimum absolute atomic E-state index is 0.0587. The highest BCUT2D eigenvalue weighted by Crippen LogP contribution is 2.29. The molecule has 2 fully saturated rings. The Hall–Kier alpha value is -1.92. The second-order valence-electron chi connectivity index (χ2n) is 7.13. The number of morpholine rings is 1. The highest BCUT2D eigenvalue weighted by Gasteiger charge is 2.38. The Bertz CT molecular complexity index is 627. The topological polar surface area (TPSA) is 75.9 Å². The van der Waals surface area contributed by atoms with Crippen molar-refractivity contribution in [3.05, 3.63) is 35.4 Å². The molecule has 25 heavy (non-hydrogen) atoms. The fourth-order valence-electron chi connectivity index (χ4n) is 3.43. The molecule has 0 bridgehead atoms. The first kappa shape index (κ1) is 17.9. The van der Waals surface area contributed by atoms with Crippen molar-refractivity contribution in [1.82, 2.24) is 9.80 Å². The summed E-state index contributed by atoms with van der Waals surface area (Å²) in [5, 5.41) is 0. The van der Waals surface area contributed by atoms with Gasteiger partial charge in [0.15, 0.2) is 0 Å². The molecule has 1 saturated carbocycles.